The maximum Gasteiger partial charge on any atom is 0.0604 e. The zero-order chi connectivity index (χ0) is 15.3. The van der Waals surface area contributed by atoms with E-state index >= 15 is 0 Å². The average Bonchev–Trinajstić information content (AvgIpc) is 2.62. The lowest BCUT2D eigenvalue weighted by atomic mass is 10.4. The van der Waals surface area contributed by atoms with Crippen LogP contribution >= 0.6 is 7.05 Å². The Morgan fingerprint density at radius 1 is 0.591 bits per heavy atom. The first kappa shape index (κ1) is 14.6. The first-order valence-electron chi connectivity index (χ1n) is 7.27. The maximum atomic E-state index is 4.94. The smallest absolute Gasteiger partial charge is 0.0604 e. The first-order valence-corrected chi connectivity index (χ1v) is 9.01. The normalized spacial score (nSPS) is 10.9. The summed E-state index contributed by atoms with van der Waals surface area (Å²) in [6.45, 7) is 3.88. The van der Waals surface area contributed by atoms with Crippen LogP contribution in [0.15, 0.2) is 109 Å². The molecule has 0 atom stereocenters. The highest BCUT2D eigenvalue weighted by Gasteiger charge is 2.26. The van der Waals surface area contributed by atoms with Crippen LogP contribution < -0.4 is 15.9 Å². The summed E-state index contributed by atoms with van der Waals surface area (Å²) in [6, 6.07) is 31.6. The lowest BCUT2D eigenvalue weighted by Gasteiger charge is -2.26. The molecule has 0 saturated carbocycles. The van der Waals surface area contributed by atoms with Crippen LogP contribution in [0.2, 0.25) is 0 Å². The van der Waals surface area contributed by atoms with Gasteiger partial charge >= 0.3 is 0 Å². The number of rotatable bonds is 4. The van der Waals surface area contributed by atoms with Crippen molar-refractivity contribution in [2.24, 2.45) is 4.74 Å². The molecule has 2 heteroatoms. The summed E-state index contributed by atoms with van der Waals surface area (Å²) >= 11 is 0. The van der Waals surface area contributed by atoms with Crippen molar-refractivity contribution in [3.63, 3.8) is 0 Å². The third kappa shape index (κ3) is 2.56. The SMILES string of the molecule is C=CN=P(c1ccccc1)(c1ccccc1)c1ccccc1. The van der Waals surface area contributed by atoms with Crippen molar-refractivity contribution in [3.05, 3.63) is 104 Å². The zero-order valence-corrected chi connectivity index (χ0v) is 13.2. The van der Waals surface area contributed by atoms with Gasteiger partial charge in [0.25, 0.3) is 0 Å². The van der Waals surface area contributed by atoms with E-state index in [1.165, 1.54) is 15.9 Å². The Morgan fingerprint density at radius 3 is 1.18 bits per heavy atom. The van der Waals surface area contributed by atoms with Crippen LogP contribution in [0.25, 0.3) is 0 Å². The van der Waals surface area contributed by atoms with Gasteiger partial charge < -0.3 is 0 Å². The highest BCUT2D eigenvalue weighted by atomic mass is 31.2. The molecule has 0 saturated heterocycles. The monoisotopic (exact) mass is 303 g/mol. The standard InChI is InChI=1S/C20H18NP/c1-2-21-22(18-12-6-3-7-13-18,19-14-8-4-9-15-19)20-16-10-5-11-17-20/h2-17H,1H2. The highest BCUT2D eigenvalue weighted by molar-refractivity contribution is 7.87. The molecular formula is C20H18NP. The molecule has 0 radical (unpaired) electrons. The Morgan fingerprint density at radius 2 is 0.909 bits per heavy atom. The Kier molecular flexibility index (Phi) is 4.37. The van der Waals surface area contributed by atoms with E-state index in [2.05, 4.69) is 79.4 Å². The molecule has 0 aromatic heterocycles. The molecule has 3 rings (SSSR count). The van der Waals surface area contributed by atoms with E-state index in [1.54, 1.807) is 6.20 Å². The first-order chi connectivity index (χ1) is 10.9. The summed E-state index contributed by atoms with van der Waals surface area (Å²) in [6.07, 6.45) is 1.70. The van der Waals surface area contributed by atoms with Crippen molar-refractivity contribution >= 4 is 23.0 Å². The van der Waals surface area contributed by atoms with Crippen LogP contribution in [0.3, 0.4) is 0 Å². The van der Waals surface area contributed by atoms with Crippen LogP contribution in [0, 0.1) is 0 Å². The van der Waals surface area contributed by atoms with Crippen molar-refractivity contribution in [1.29, 1.82) is 0 Å². The molecule has 0 N–H and O–H groups in total. The van der Waals surface area contributed by atoms with E-state index in [4.69, 9.17) is 4.74 Å². The van der Waals surface area contributed by atoms with Gasteiger partial charge in [0.05, 0.1) is 7.05 Å². The lowest BCUT2D eigenvalue weighted by Crippen LogP contribution is -2.25. The van der Waals surface area contributed by atoms with E-state index in [0.29, 0.717) is 0 Å². The highest BCUT2D eigenvalue weighted by Crippen LogP contribution is 2.46. The third-order valence-electron chi connectivity index (χ3n) is 3.64. The molecule has 1 nitrogen and oxygen atoms in total. The molecule has 0 aliphatic heterocycles. The molecule has 108 valence electrons. The van der Waals surface area contributed by atoms with Crippen LogP contribution in [0.5, 0.6) is 0 Å². The Labute approximate surface area is 132 Å². The van der Waals surface area contributed by atoms with Gasteiger partial charge in [-0.2, -0.15) is 0 Å². The predicted molar refractivity (Wildman–Crippen MR) is 97.8 cm³/mol. The number of benzene rings is 3. The van der Waals surface area contributed by atoms with Gasteiger partial charge in [-0.05, 0) is 0 Å². The maximum absolute atomic E-state index is 4.94. The van der Waals surface area contributed by atoms with Crippen LogP contribution in [-0.4, -0.2) is 0 Å². The van der Waals surface area contributed by atoms with E-state index in [-0.39, 0.29) is 0 Å². The molecule has 3 aromatic carbocycles. The fraction of sp³-hybridized carbons (Fsp3) is 0. The van der Waals surface area contributed by atoms with Crippen LogP contribution in [0.1, 0.15) is 0 Å². The van der Waals surface area contributed by atoms with Gasteiger partial charge in [0.15, 0.2) is 0 Å². The van der Waals surface area contributed by atoms with Gasteiger partial charge in [0.2, 0.25) is 0 Å². The second-order valence-electron chi connectivity index (χ2n) is 4.94. The molecule has 0 heterocycles. The Bertz CT molecular complexity index is 689. The predicted octanol–water partition coefficient (Wildman–Crippen LogP) is 4.31. The van der Waals surface area contributed by atoms with Gasteiger partial charge in [0, 0.05) is 22.1 Å². The zero-order valence-electron chi connectivity index (χ0n) is 12.3. The number of hydrogen-bond donors (Lipinski definition) is 0. The van der Waals surface area contributed by atoms with Gasteiger partial charge in [0.1, 0.15) is 0 Å². The van der Waals surface area contributed by atoms with E-state index < -0.39 is 7.05 Å². The third-order valence-corrected chi connectivity index (χ3v) is 7.29. The number of nitrogens with zero attached hydrogens (tertiary/aromatic N) is 1. The van der Waals surface area contributed by atoms with Crippen molar-refractivity contribution in [3.8, 4) is 0 Å². The topological polar surface area (TPSA) is 12.4 Å². The van der Waals surface area contributed by atoms with Crippen molar-refractivity contribution in [2.75, 3.05) is 0 Å². The Balaban J connectivity index is 2.40. The minimum absolute atomic E-state index is 1.24. The molecular weight excluding hydrogens is 285 g/mol. The summed E-state index contributed by atoms with van der Waals surface area (Å²) < 4.78 is 4.94. The molecule has 3 aromatic rings. The summed E-state index contributed by atoms with van der Waals surface area (Å²) in [7, 11) is -2.05. The van der Waals surface area contributed by atoms with E-state index in [1.807, 2.05) is 18.2 Å². The summed E-state index contributed by atoms with van der Waals surface area (Å²) in [5, 5.41) is 3.73. The largest absolute Gasteiger partial charge is 0.262 e. The summed E-state index contributed by atoms with van der Waals surface area (Å²) in [5.74, 6) is 0. The average molecular weight is 303 g/mol. The minimum atomic E-state index is -2.05. The van der Waals surface area contributed by atoms with Crippen LogP contribution in [-0.2, 0) is 0 Å². The van der Waals surface area contributed by atoms with Gasteiger partial charge in [-0.1, -0.05) is 97.6 Å². The second kappa shape index (κ2) is 6.60. The van der Waals surface area contributed by atoms with Crippen molar-refractivity contribution in [2.45, 2.75) is 0 Å². The number of hydrogen-bond acceptors (Lipinski definition) is 1. The quantitative estimate of drug-likeness (QED) is 0.637. The fourth-order valence-corrected chi connectivity index (χ4v) is 6.05. The molecule has 0 spiro atoms. The van der Waals surface area contributed by atoms with Gasteiger partial charge in [-0.3, -0.25) is 4.74 Å². The van der Waals surface area contributed by atoms with Crippen molar-refractivity contribution < 1.29 is 0 Å². The minimum Gasteiger partial charge on any atom is -0.262 e. The molecule has 0 bridgehead atoms. The van der Waals surface area contributed by atoms with Crippen LogP contribution in [0.4, 0.5) is 0 Å². The Hall–Kier alpha value is -2.37. The van der Waals surface area contributed by atoms with E-state index in [9.17, 15) is 0 Å². The second-order valence-corrected chi connectivity index (χ2v) is 7.99. The molecule has 0 amide bonds. The molecule has 0 unspecified atom stereocenters. The molecule has 0 fully saturated rings. The molecule has 0 aliphatic carbocycles. The lowest BCUT2D eigenvalue weighted by molar-refractivity contribution is 1.62. The van der Waals surface area contributed by atoms with Crippen molar-refractivity contribution in [1.82, 2.24) is 0 Å². The fourth-order valence-electron chi connectivity index (χ4n) is 2.70. The van der Waals surface area contributed by atoms with Gasteiger partial charge in [-0.25, -0.2) is 0 Å². The van der Waals surface area contributed by atoms with Gasteiger partial charge in [-0.15, -0.1) is 0 Å². The molecule has 0 aliphatic rings. The summed E-state index contributed by atoms with van der Waals surface area (Å²) in [5.41, 5.74) is 0. The molecule has 22 heavy (non-hydrogen) atoms. The van der Waals surface area contributed by atoms with E-state index in [0.717, 1.165) is 0 Å². The summed E-state index contributed by atoms with van der Waals surface area (Å²) in [4.78, 5) is 0.